The molecule has 0 aromatic carbocycles. The van der Waals surface area contributed by atoms with Gasteiger partial charge in [-0.1, -0.05) is 136 Å². The number of unbranched alkanes of at least 4 members (excludes halogenated alkanes) is 18. The minimum atomic E-state index is -0.781. The van der Waals surface area contributed by atoms with Crippen LogP contribution in [0.3, 0.4) is 0 Å². The Morgan fingerprint density at radius 3 is 1.60 bits per heavy atom. The van der Waals surface area contributed by atoms with Crippen molar-refractivity contribution < 1.29 is 47.7 Å². The second-order valence-corrected chi connectivity index (χ2v) is 16.1. The number of hydrogen-bond donors (Lipinski definition) is 1. The third-order valence-corrected chi connectivity index (χ3v) is 9.96. The molecule has 3 unspecified atom stereocenters. The fraction of sp³-hybridized carbons (Fsp3) is 0.867. The molecule has 0 radical (unpaired) electrons. The zero-order chi connectivity index (χ0) is 41.0. The molecule has 0 aliphatic carbocycles. The molecule has 0 fully saturated rings. The van der Waals surface area contributed by atoms with Gasteiger partial charge in [-0.3, -0.25) is 14.4 Å². The van der Waals surface area contributed by atoms with Crippen molar-refractivity contribution in [1.29, 1.82) is 0 Å². The van der Waals surface area contributed by atoms with Crippen LogP contribution in [0.1, 0.15) is 201 Å². The smallest absolute Gasteiger partial charge is 0.362 e. The van der Waals surface area contributed by atoms with Gasteiger partial charge in [0, 0.05) is 26.2 Å². The number of esters is 4. The Kier molecular flexibility index (Phi) is 34.3. The van der Waals surface area contributed by atoms with Crippen molar-refractivity contribution in [2.24, 2.45) is 0 Å². The van der Waals surface area contributed by atoms with Crippen molar-refractivity contribution >= 4 is 23.9 Å². The molecule has 0 rings (SSSR count). The van der Waals surface area contributed by atoms with Crippen LogP contribution in [0.15, 0.2) is 12.2 Å². The van der Waals surface area contributed by atoms with E-state index in [9.17, 15) is 24.3 Å². The molecule has 3 atom stereocenters. The van der Waals surface area contributed by atoms with E-state index in [2.05, 4.69) is 26.8 Å². The number of allylic oxidation sites excluding steroid dienone is 1. The van der Waals surface area contributed by atoms with Crippen LogP contribution in [-0.2, 0) is 38.1 Å². The third-order valence-electron chi connectivity index (χ3n) is 9.96. The first-order chi connectivity index (χ1) is 26.4. The summed E-state index contributed by atoms with van der Waals surface area (Å²) in [6.07, 6.45) is 27.4. The molecule has 0 heterocycles. The van der Waals surface area contributed by atoms with Gasteiger partial charge in [-0.2, -0.15) is 0 Å². The van der Waals surface area contributed by atoms with Crippen LogP contribution in [0.5, 0.6) is 0 Å². The summed E-state index contributed by atoms with van der Waals surface area (Å²) in [6, 6.07) is 0. The average Bonchev–Trinajstić information content (AvgIpc) is 3.12. The molecule has 0 bridgehead atoms. The number of nitrogens with zero attached hydrogens (tertiary/aromatic N) is 1. The highest BCUT2D eigenvalue weighted by molar-refractivity contribution is 5.71. The van der Waals surface area contributed by atoms with E-state index in [4.69, 9.17) is 18.9 Å². The van der Waals surface area contributed by atoms with Gasteiger partial charge in [0.1, 0.15) is 19.3 Å². The first-order valence-corrected chi connectivity index (χ1v) is 22.3. The zero-order valence-electron chi connectivity index (χ0n) is 36.3. The summed E-state index contributed by atoms with van der Waals surface area (Å²) in [5.74, 6) is -1.26. The van der Waals surface area contributed by atoms with Crippen LogP contribution in [0, 0.1) is 0 Å². The molecule has 0 saturated heterocycles. The normalized spacial score (nSPS) is 13.4. The van der Waals surface area contributed by atoms with Gasteiger partial charge in [0.05, 0.1) is 20.2 Å². The Morgan fingerprint density at radius 1 is 0.582 bits per heavy atom. The Morgan fingerprint density at radius 2 is 1.05 bits per heavy atom. The molecule has 0 amide bonds. The third kappa shape index (κ3) is 34.5. The summed E-state index contributed by atoms with van der Waals surface area (Å²) in [5, 5.41) is 11.0. The van der Waals surface area contributed by atoms with Gasteiger partial charge in [-0.05, 0) is 51.4 Å². The highest BCUT2D eigenvalue weighted by Gasteiger charge is 2.27. The van der Waals surface area contributed by atoms with Gasteiger partial charge in [0.2, 0.25) is 6.29 Å². The lowest BCUT2D eigenvalue weighted by molar-refractivity contribution is -0.883. The van der Waals surface area contributed by atoms with Crippen LogP contribution < -0.4 is 0 Å². The number of aliphatic hydroxyl groups excluding tert-OH is 1. The van der Waals surface area contributed by atoms with Crippen LogP contribution in [0.4, 0.5) is 0 Å². The molecule has 0 aliphatic rings. The largest absolute Gasteiger partial charge is 0.460 e. The maximum atomic E-state index is 12.8. The van der Waals surface area contributed by atoms with E-state index >= 15 is 0 Å². The molecule has 10 heteroatoms. The van der Waals surface area contributed by atoms with Gasteiger partial charge >= 0.3 is 23.9 Å². The lowest BCUT2D eigenvalue weighted by Crippen LogP contribution is -2.47. The number of carbonyl (C=O) groups excluding carboxylic acids is 4. The molecule has 322 valence electrons. The van der Waals surface area contributed by atoms with Crippen molar-refractivity contribution in [2.45, 2.75) is 220 Å². The topological polar surface area (TPSA) is 125 Å². The van der Waals surface area contributed by atoms with Crippen molar-refractivity contribution in [3.63, 3.8) is 0 Å². The molecule has 0 aromatic heterocycles. The van der Waals surface area contributed by atoms with Gasteiger partial charge < -0.3 is 28.5 Å². The number of carbonyl (C=O) groups is 4. The van der Waals surface area contributed by atoms with Crippen LogP contribution in [0.25, 0.3) is 0 Å². The molecule has 55 heavy (non-hydrogen) atoms. The van der Waals surface area contributed by atoms with Gasteiger partial charge in [0.15, 0.2) is 6.54 Å². The highest BCUT2D eigenvalue weighted by Crippen LogP contribution is 2.18. The lowest BCUT2D eigenvalue weighted by Gasteiger charge is -2.30. The SMILES string of the molecule is CCCCCCCCCC(OC(=O)CCCCCCC)OC(=O)CCCCCCCC=CCC(O)C(CCCCCC)OC(=O)C[N+](C)(C)CCOC(C)=O. The van der Waals surface area contributed by atoms with Crippen molar-refractivity contribution in [3.8, 4) is 0 Å². The molecule has 0 aliphatic heterocycles. The summed E-state index contributed by atoms with van der Waals surface area (Å²) < 4.78 is 22.5. The molecule has 0 spiro atoms. The Labute approximate surface area is 336 Å². The van der Waals surface area contributed by atoms with Crippen molar-refractivity contribution in [1.82, 2.24) is 0 Å². The first-order valence-electron chi connectivity index (χ1n) is 22.3. The second kappa shape index (κ2) is 35.9. The van der Waals surface area contributed by atoms with Crippen molar-refractivity contribution in [2.75, 3.05) is 33.8 Å². The van der Waals surface area contributed by atoms with Crippen LogP contribution in [0.2, 0.25) is 0 Å². The zero-order valence-corrected chi connectivity index (χ0v) is 36.3. The molecular formula is C45H84NO9+. The molecule has 10 nitrogen and oxygen atoms in total. The fourth-order valence-electron chi connectivity index (χ4n) is 6.43. The van der Waals surface area contributed by atoms with E-state index in [0.29, 0.717) is 43.1 Å². The predicted molar refractivity (Wildman–Crippen MR) is 221 cm³/mol. The maximum absolute atomic E-state index is 12.8. The molecule has 0 saturated carbocycles. The summed E-state index contributed by atoms with van der Waals surface area (Å²) >= 11 is 0. The monoisotopic (exact) mass is 783 g/mol. The summed E-state index contributed by atoms with van der Waals surface area (Å²) in [7, 11) is 3.78. The minimum absolute atomic E-state index is 0.130. The van der Waals surface area contributed by atoms with E-state index in [0.717, 1.165) is 109 Å². The van der Waals surface area contributed by atoms with Crippen LogP contribution in [-0.4, -0.2) is 85.8 Å². The van der Waals surface area contributed by atoms with E-state index < -0.39 is 18.5 Å². The second-order valence-electron chi connectivity index (χ2n) is 16.1. The lowest BCUT2D eigenvalue weighted by atomic mass is 10.0. The number of ether oxygens (including phenoxy) is 4. The minimum Gasteiger partial charge on any atom is -0.460 e. The van der Waals surface area contributed by atoms with Gasteiger partial charge in [0.25, 0.3) is 0 Å². The van der Waals surface area contributed by atoms with Gasteiger partial charge in [-0.25, -0.2) is 4.79 Å². The Hall–Kier alpha value is -2.46. The number of hydrogen-bond acceptors (Lipinski definition) is 9. The quantitative estimate of drug-likeness (QED) is 0.0163. The first kappa shape index (κ1) is 52.5. The number of rotatable bonds is 38. The highest BCUT2D eigenvalue weighted by atomic mass is 16.7. The van der Waals surface area contributed by atoms with E-state index in [1.54, 1.807) is 0 Å². The van der Waals surface area contributed by atoms with Gasteiger partial charge in [-0.15, -0.1) is 0 Å². The standard InChI is InChI=1S/C45H84NO9/c1-7-10-13-16-19-25-30-35-45(54-42(49)33-28-22-14-11-8-2)55-43(50)34-29-24-21-18-17-20-23-26-31-40(48)41(32-27-15-12-9-3)53-44(51)38-46(5,6)36-37-52-39(4)47/h23,26,40-41,45,48H,7-22,24-25,27-38H2,1-6H3/q+1. The van der Waals surface area contributed by atoms with E-state index in [1.807, 2.05) is 20.2 Å². The fourth-order valence-corrected chi connectivity index (χ4v) is 6.43. The molecular weight excluding hydrogens is 698 g/mol. The molecule has 1 N–H and O–H groups in total. The van der Waals surface area contributed by atoms with Crippen molar-refractivity contribution in [3.05, 3.63) is 12.2 Å². The number of quaternary nitrogens is 1. The number of likely N-dealkylation sites (N-methyl/N-ethyl adjacent to an activating group) is 1. The average molecular weight is 783 g/mol. The predicted octanol–water partition coefficient (Wildman–Crippen LogP) is 10.5. The summed E-state index contributed by atoms with van der Waals surface area (Å²) in [5.41, 5.74) is 0. The van der Waals surface area contributed by atoms with Crippen LogP contribution >= 0.6 is 0 Å². The summed E-state index contributed by atoms with van der Waals surface area (Å²) in [4.78, 5) is 49.1. The Balaban J connectivity index is 4.56. The number of aliphatic hydroxyl groups is 1. The molecule has 0 aromatic rings. The van der Waals surface area contributed by atoms with E-state index in [-0.39, 0.29) is 37.0 Å². The maximum Gasteiger partial charge on any atom is 0.362 e. The van der Waals surface area contributed by atoms with E-state index in [1.165, 1.54) is 39.0 Å². The Bertz CT molecular complexity index is 999. The summed E-state index contributed by atoms with van der Waals surface area (Å²) in [6.45, 7) is 8.75.